The number of rotatable bonds is 11. The summed E-state index contributed by atoms with van der Waals surface area (Å²) in [5.41, 5.74) is 1.86. The van der Waals surface area contributed by atoms with E-state index in [2.05, 4.69) is 9.36 Å². The van der Waals surface area contributed by atoms with Crippen LogP contribution in [0.2, 0.25) is 0 Å². The number of piperidine rings is 1. The summed E-state index contributed by atoms with van der Waals surface area (Å²) in [6.45, 7) is 7.66. The van der Waals surface area contributed by atoms with Crippen LogP contribution < -0.4 is 18.5 Å². The summed E-state index contributed by atoms with van der Waals surface area (Å²) in [6.07, 6.45) is 1.30. The summed E-state index contributed by atoms with van der Waals surface area (Å²) >= 11 is 0.776. The van der Waals surface area contributed by atoms with E-state index in [-0.39, 0.29) is 36.7 Å². The summed E-state index contributed by atoms with van der Waals surface area (Å²) < 4.78 is 86.3. The molecule has 0 radical (unpaired) electrons. The molecule has 1 amide bonds. The highest BCUT2D eigenvalue weighted by atomic mass is 32.2. The molecule has 2 heterocycles. The zero-order valence-corrected chi connectivity index (χ0v) is 30.3. The van der Waals surface area contributed by atoms with Crippen molar-refractivity contribution < 1.29 is 40.9 Å². The van der Waals surface area contributed by atoms with Crippen molar-refractivity contribution in [2.24, 2.45) is 5.92 Å². The Morgan fingerprint density at radius 1 is 1.02 bits per heavy atom. The highest BCUT2D eigenvalue weighted by Gasteiger charge is 2.36. The van der Waals surface area contributed by atoms with E-state index in [0.717, 1.165) is 33.0 Å². The number of halogens is 2. The number of carbonyl (C=O) groups is 1. The largest absolute Gasteiger partial charge is 0.497 e. The fourth-order valence-corrected chi connectivity index (χ4v) is 7.94. The normalized spacial score (nSPS) is 16.5. The Morgan fingerprint density at radius 2 is 1.76 bits per heavy atom. The van der Waals surface area contributed by atoms with Crippen LogP contribution in [0.3, 0.4) is 0 Å². The van der Waals surface area contributed by atoms with Gasteiger partial charge in [-0.25, -0.2) is 31.3 Å². The van der Waals surface area contributed by atoms with Gasteiger partial charge in [0.1, 0.15) is 34.1 Å². The van der Waals surface area contributed by atoms with Gasteiger partial charge in [-0.2, -0.15) is 4.37 Å². The number of nitrogens with zero attached hydrogens (tertiary/aromatic N) is 4. The summed E-state index contributed by atoms with van der Waals surface area (Å²) in [7, 11) is -1.83. The minimum Gasteiger partial charge on any atom is -0.497 e. The standard InChI is InChI=1S/C35H40F2N4O7S2/c1-22-7-9-23(10-8-22)27-13-14-40(34(42)48-35(2,3)4)18-25(27)20-47-31-16-29(37)32(17-28(31)36)50(43,44)41(33-38-21-39-49-33)19-24-11-12-26(45-5)15-30(24)46-6/h7-12,15-17,21,25,27H,13-14,18-20H2,1-6H3/t25-,27?/m0/s1. The Balaban J connectivity index is 1.41. The van der Waals surface area contributed by atoms with Crippen molar-refractivity contribution >= 4 is 32.8 Å². The van der Waals surface area contributed by atoms with Gasteiger partial charge in [0.05, 0.1) is 27.4 Å². The second-order valence-electron chi connectivity index (χ2n) is 12.9. The van der Waals surface area contributed by atoms with Gasteiger partial charge in [0, 0.05) is 54.3 Å². The lowest BCUT2D eigenvalue weighted by Crippen LogP contribution is -2.46. The van der Waals surface area contributed by atoms with Crippen molar-refractivity contribution in [1.29, 1.82) is 0 Å². The lowest BCUT2D eigenvalue weighted by molar-refractivity contribution is 0.0110. The lowest BCUT2D eigenvalue weighted by atomic mass is 9.80. The molecule has 3 aromatic carbocycles. The van der Waals surface area contributed by atoms with E-state index in [1.165, 1.54) is 20.5 Å². The highest BCUT2D eigenvalue weighted by molar-refractivity contribution is 7.93. The van der Waals surface area contributed by atoms with Crippen LogP contribution in [0.4, 0.5) is 18.7 Å². The van der Waals surface area contributed by atoms with Crippen LogP contribution in [0, 0.1) is 24.5 Å². The van der Waals surface area contributed by atoms with E-state index >= 15 is 8.78 Å². The van der Waals surface area contributed by atoms with Crippen molar-refractivity contribution in [2.75, 3.05) is 38.2 Å². The molecule has 2 atom stereocenters. The Morgan fingerprint density at radius 3 is 2.40 bits per heavy atom. The first-order valence-corrected chi connectivity index (χ1v) is 18.1. The molecule has 0 bridgehead atoms. The molecule has 268 valence electrons. The molecule has 1 aliphatic rings. The second-order valence-corrected chi connectivity index (χ2v) is 15.5. The zero-order valence-electron chi connectivity index (χ0n) is 28.7. The predicted molar refractivity (Wildman–Crippen MR) is 185 cm³/mol. The third-order valence-corrected chi connectivity index (χ3v) is 10.8. The smallest absolute Gasteiger partial charge is 0.410 e. The lowest BCUT2D eigenvalue weighted by Gasteiger charge is -2.39. The van der Waals surface area contributed by atoms with Crippen LogP contribution in [-0.4, -0.2) is 68.3 Å². The Hall–Kier alpha value is -4.50. The number of benzene rings is 3. The quantitative estimate of drug-likeness (QED) is 0.161. The van der Waals surface area contributed by atoms with Gasteiger partial charge in [0.25, 0.3) is 10.0 Å². The molecule has 1 saturated heterocycles. The van der Waals surface area contributed by atoms with E-state index in [0.29, 0.717) is 36.1 Å². The SMILES string of the molecule is COc1ccc(CN(c2ncns2)S(=O)(=O)c2cc(F)c(OC[C@@H]3CN(C(=O)OC(C)(C)C)CCC3c3ccc(C)cc3)cc2F)c(OC)c1. The molecular weight excluding hydrogens is 691 g/mol. The molecule has 0 N–H and O–H groups in total. The molecule has 1 fully saturated rings. The topological polar surface area (TPSA) is 120 Å². The maximum absolute atomic E-state index is 15.8. The molecule has 1 aromatic heterocycles. The van der Waals surface area contributed by atoms with Gasteiger partial charge >= 0.3 is 6.09 Å². The number of hydrogen-bond donors (Lipinski definition) is 0. The van der Waals surface area contributed by atoms with Crippen molar-refractivity contribution in [1.82, 2.24) is 14.3 Å². The molecule has 1 unspecified atom stereocenters. The monoisotopic (exact) mass is 730 g/mol. The number of ether oxygens (including phenoxy) is 4. The average Bonchev–Trinajstić information content (AvgIpc) is 3.61. The predicted octanol–water partition coefficient (Wildman–Crippen LogP) is 6.96. The molecule has 15 heteroatoms. The minimum atomic E-state index is -4.72. The third-order valence-electron chi connectivity index (χ3n) is 8.27. The first-order chi connectivity index (χ1) is 23.7. The number of aromatic nitrogens is 2. The van der Waals surface area contributed by atoms with Crippen LogP contribution in [0.1, 0.15) is 49.8 Å². The van der Waals surface area contributed by atoms with Gasteiger partial charge in [-0.3, -0.25) is 0 Å². The first-order valence-electron chi connectivity index (χ1n) is 15.9. The van der Waals surface area contributed by atoms with E-state index in [1.54, 1.807) is 43.9 Å². The molecule has 0 aliphatic carbocycles. The van der Waals surface area contributed by atoms with Crippen LogP contribution >= 0.6 is 11.5 Å². The zero-order chi connectivity index (χ0) is 36.2. The van der Waals surface area contributed by atoms with Crippen molar-refractivity contribution in [3.63, 3.8) is 0 Å². The number of methoxy groups -OCH3 is 2. The van der Waals surface area contributed by atoms with Crippen molar-refractivity contribution in [3.05, 3.63) is 89.2 Å². The molecule has 5 rings (SSSR count). The second kappa shape index (κ2) is 15.2. The number of aryl methyl sites for hydroxylation is 1. The Kier molecular flexibility index (Phi) is 11.2. The van der Waals surface area contributed by atoms with Gasteiger partial charge in [-0.05, 0) is 57.7 Å². The fraction of sp³-hybridized carbons (Fsp3) is 0.400. The fourth-order valence-electron chi connectivity index (χ4n) is 5.75. The van der Waals surface area contributed by atoms with Crippen LogP contribution in [0.5, 0.6) is 17.2 Å². The average molecular weight is 731 g/mol. The van der Waals surface area contributed by atoms with Crippen molar-refractivity contribution in [3.8, 4) is 17.2 Å². The molecule has 0 saturated carbocycles. The number of anilines is 1. The third kappa shape index (κ3) is 8.44. The summed E-state index contributed by atoms with van der Waals surface area (Å²) in [6, 6.07) is 14.2. The molecule has 50 heavy (non-hydrogen) atoms. The minimum absolute atomic E-state index is 0.0442. The van der Waals surface area contributed by atoms with Crippen LogP contribution in [0.25, 0.3) is 0 Å². The van der Waals surface area contributed by atoms with E-state index < -0.39 is 44.0 Å². The molecule has 1 aliphatic heterocycles. The number of carbonyl (C=O) groups excluding carboxylic acids is 1. The van der Waals surface area contributed by atoms with Gasteiger partial charge in [-0.1, -0.05) is 29.8 Å². The van der Waals surface area contributed by atoms with Gasteiger partial charge in [-0.15, -0.1) is 0 Å². The van der Waals surface area contributed by atoms with Gasteiger partial charge < -0.3 is 23.8 Å². The molecule has 4 aromatic rings. The molecule has 0 spiro atoms. The summed E-state index contributed by atoms with van der Waals surface area (Å²) in [5.74, 6) is -2.30. The van der Waals surface area contributed by atoms with Crippen molar-refractivity contribution in [2.45, 2.75) is 57.1 Å². The van der Waals surface area contributed by atoms with E-state index in [1.807, 2.05) is 31.2 Å². The first kappa shape index (κ1) is 36.8. The number of sulfonamides is 1. The molecular formula is C35H40F2N4O7S2. The van der Waals surface area contributed by atoms with Crippen LogP contribution in [-0.2, 0) is 21.3 Å². The van der Waals surface area contributed by atoms with E-state index in [9.17, 15) is 13.2 Å². The number of amides is 1. The summed E-state index contributed by atoms with van der Waals surface area (Å²) in [5, 5.41) is -0.0583. The van der Waals surface area contributed by atoms with E-state index in [4.69, 9.17) is 18.9 Å². The number of likely N-dealkylation sites (tertiary alicyclic amines) is 1. The number of hydrogen-bond acceptors (Lipinski definition) is 10. The maximum Gasteiger partial charge on any atom is 0.410 e. The van der Waals surface area contributed by atoms with Gasteiger partial charge in [0.2, 0.25) is 5.13 Å². The highest BCUT2D eigenvalue weighted by Crippen LogP contribution is 2.37. The summed E-state index contributed by atoms with van der Waals surface area (Å²) in [4.78, 5) is 17.7. The van der Waals surface area contributed by atoms with Gasteiger partial charge in [0.15, 0.2) is 11.6 Å². The molecule has 11 nitrogen and oxygen atoms in total. The van der Waals surface area contributed by atoms with Crippen LogP contribution in [0.15, 0.2) is 65.8 Å². The Bertz CT molecular complexity index is 1900. The maximum atomic E-state index is 15.8. The Labute approximate surface area is 295 Å².